The lowest BCUT2D eigenvalue weighted by Gasteiger charge is -2.21. The molecule has 0 N–H and O–H groups in total. The molecule has 0 radical (unpaired) electrons. The quantitative estimate of drug-likeness (QED) is 0.142. The van der Waals surface area contributed by atoms with Crippen LogP contribution in [0.5, 0.6) is 0 Å². The Morgan fingerprint density at radius 2 is 0.484 bits per heavy atom. The maximum Gasteiger partial charge on any atom is 0.0547 e. The Kier molecular flexibility index (Phi) is 15.4. The molecule has 22 aromatic carbocycles. The van der Waals surface area contributed by atoms with Crippen molar-refractivity contribution in [2.45, 2.75) is 38.5 Å². The molecule has 26 aromatic rings. The van der Waals surface area contributed by atoms with Gasteiger partial charge >= 0.3 is 0 Å². The second-order valence-electron chi connectivity index (χ2n) is 36.5. The van der Waals surface area contributed by atoms with E-state index >= 15 is 0 Å². The van der Waals surface area contributed by atoms with Crippen LogP contribution in [0.1, 0.15) is 49.9 Å². The van der Waals surface area contributed by atoms with Crippen molar-refractivity contribution in [2.24, 2.45) is 0 Å². The zero-order valence-corrected chi connectivity index (χ0v) is 71.2. The average Bonchev–Trinajstić information content (AvgIpc) is 1.52. The smallest absolute Gasteiger partial charge is 0.0547 e. The van der Waals surface area contributed by atoms with E-state index in [1.807, 2.05) is 0 Å². The highest BCUT2D eigenvalue weighted by molar-refractivity contribution is 6.38. The number of rotatable bonds is 7. The van der Waals surface area contributed by atoms with E-state index in [9.17, 15) is 0 Å². The summed E-state index contributed by atoms with van der Waals surface area (Å²) in [6, 6.07) is 158. The van der Waals surface area contributed by atoms with Crippen LogP contribution in [0.25, 0.3) is 241 Å². The highest BCUT2D eigenvalue weighted by Crippen LogP contribution is 2.56. The molecule has 4 heterocycles. The van der Waals surface area contributed by atoms with Gasteiger partial charge in [0.2, 0.25) is 0 Å². The van der Waals surface area contributed by atoms with Crippen molar-refractivity contribution in [3.8, 4) is 78.4 Å². The molecule has 0 spiro atoms. The zero-order chi connectivity index (χ0) is 84.5. The zero-order valence-electron chi connectivity index (χ0n) is 71.2. The lowest BCUT2D eigenvalue weighted by molar-refractivity contribution is 0.661. The summed E-state index contributed by atoms with van der Waals surface area (Å²) in [6.07, 6.45) is 0. The van der Waals surface area contributed by atoms with Gasteiger partial charge in [-0.3, -0.25) is 0 Å². The van der Waals surface area contributed by atoms with Gasteiger partial charge in [-0.2, -0.15) is 0 Å². The normalized spacial score (nSPS) is 13.3. The minimum Gasteiger partial charge on any atom is -0.309 e. The molecule has 0 unspecified atom stereocenters. The topological polar surface area (TPSA) is 19.7 Å². The summed E-state index contributed by atoms with van der Waals surface area (Å²) in [5.41, 5.74) is 32.3. The number of hydrogen-bond donors (Lipinski definition) is 0. The largest absolute Gasteiger partial charge is 0.309 e. The van der Waals surface area contributed by atoms with Gasteiger partial charge in [0, 0.05) is 87.4 Å². The fourth-order valence-electron chi connectivity index (χ4n) is 23.3. The molecule has 0 atom stereocenters. The number of aromatic nitrogens is 4. The highest BCUT2D eigenvalue weighted by atomic mass is 15.0. The summed E-state index contributed by atoms with van der Waals surface area (Å²) in [5, 5.41) is 28.4. The first-order valence-corrected chi connectivity index (χ1v) is 44.9. The molecule has 2 aliphatic rings. The van der Waals surface area contributed by atoms with Crippen LogP contribution in [-0.2, 0) is 10.8 Å². The Balaban J connectivity index is 0.000000132. The van der Waals surface area contributed by atoms with Gasteiger partial charge in [-0.1, -0.05) is 337 Å². The SMILES string of the molecule is CC1(C)c2ccccc2-c2cc3c4c5c6ccccc6c6ccccc6c5ccc4n(-c4ccc(-c5ccc6c(c5)c5ccccc5n6-c5ccc(-c6ccccc6)cc5)cc4)c3cc21.CC1(C)c2ccccc2-c2cc3c4c5c6ccccc6c6ccccc6c5ccc4n(-c4ccc(-c5cccc(-n6c7ccccc7c7c8ccccc8ccc76)c5)cc4)c3cc21. The Morgan fingerprint density at radius 3 is 1.00 bits per heavy atom. The van der Waals surface area contributed by atoms with Crippen LogP contribution in [0.3, 0.4) is 0 Å². The van der Waals surface area contributed by atoms with Gasteiger partial charge in [0.05, 0.1) is 44.1 Å². The van der Waals surface area contributed by atoms with Crippen molar-refractivity contribution in [1.29, 1.82) is 0 Å². The van der Waals surface area contributed by atoms with Crippen LogP contribution in [0.15, 0.2) is 425 Å². The van der Waals surface area contributed by atoms with Crippen molar-refractivity contribution in [2.75, 3.05) is 0 Å². The highest BCUT2D eigenvalue weighted by Gasteiger charge is 2.39. The predicted octanol–water partition coefficient (Wildman–Crippen LogP) is 33.4. The van der Waals surface area contributed by atoms with Crippen molar-refractivity contribution < 1.29 is 0 Å². The second-order valence-corrected chi connectivity index (χ2v) is 36.5. The van der Waals surface area contributed by atoms with Crippen LogP contribution >= 0.6 is 0 Å². The summed E-state index contributed by atoms with van der Waals surface area (Å²) in [7, 11) is 0. The maximum absolute atomic E-state index is 2.52. The van der Waals surface area contributed by atoms with E-state index in [2.05, 4.69) is 471 Å². The van der Waals surface area contributed by atoms with Crippen LogP contribution in [0, 0.1) is 0 Å². The van der Waals surface area contributed by atoms with Gasteiger partial charge < -0.3 is 18.3 Å². The fourth-order valence-corrected chi connectivity index (χ4v) is 23.3. The molecular weight excluding hydrogens is 1550 g/mol. The molecule has 2 aliphatic carbocycles. The molecule has 4 aromatic heterocycles. The third kappa shape index (κ3) is 10.3. The molecule has 4 heteroatoms. The van der Waals surface area contributed by atoms with Crippen LogP contribution < -0.4 is 0 Å². The molecule has 0 fully saturated rings. The van der Waals surface area contributed by atoms with Crippen LogP contribution in [0.4, 0.5) is 0 Å². The van der Waals surface area contributed by atoms with Gasteiger partial charge in [-0.15, -0.1) is 0 Å². The van der Waals surface area contributed by atoms with Gasteiger partial charge in [0.25, 0.3) is 0 Å². The Bertz CT molecular complexity index is 9220. The van der Waals surface area contributed by atoms with Crippen molar-refractivity contribution >= 4 is 163 Å². The molecule has 0 amide bonds. The van der Waals surface area contributed by atoms with Gasteiger partial charge in [0.15, 0.2) is 0 Å². The molecular formula is C124H82N4. The van der Waals surface area contributed by atoms with E-state index < -0.39 is 0 Å². The van der Waals surface area contributed by atoms with Gasteiger partial charge in [0.1, 0.15) is 0 Å². The van der Waals surface area contributed by atoms with Crippen molar-refractivity contribution in [3.05, 3.63) is 447 Å². The Morgan fingerprint density at radius 1 is 0.148 bits per heavy atom. The summed E-state index contributed by atoms with van der Waals surface area (Å²) in [6.45, 7) is 9.54. The second kappa shape index (κ2) is 27.2. The lowest BCUT2D eigenvalue weighted by atomic mass is 9.82. The first-order chi connectivity index (χ1) is 63.0. The molecule has 598 valence electrons. The van der Waals surface area contributed by atoms with Gasteiger partial charge in [-0.25, -0.2) is 0 Å². The number of fused-ring (bicyclic) bond motifs is 34. The average molecular weight is 1630 g/mol. The number of hydrogen-bond acceptors (Lipinski definition) is 0. The number of para-hydroxylation sites is 2. The predicted molar refractivity (Wildman–Crippen MR) is 544 cm³/mol. The van der Waals surface area contributed by atoms with E-state index in [0.717, 1.165) is 22.7 Å². The van der Waals surface area contributed by atoms with Crippen LogP contribution in [0.2, 0.25) is 0 Å². The fraction of sp³-hybridized carbons (Fsp3) is 0.0484. The van der Waals surface area contributed by atoms with E-state index in [1.54, 1.807) is 0 Å². The number of nitrogens with zero attached hydrogens (tertiary/aromatic N) is 4. The molecule has 0 bridgehead atoms. The molecule has 0 saturated carbocycles. The van der Waals surface area contributed by atoms with E-state index in [1.165, 1.54) is 241 Å². The summed E-state index contributed by atoms with van der Waals surface area (Å²) >= 11 is 0. The third-order valence-electron chi connectivity index (χ3n) is 29.2. The minimum absolute atomic E-state index is 0.120. The monoisotopic (exact) mass is 1630 g/mol. The van der Waals surface area contributed by atoms with E-state index in [0.29, 0.717) is 0 Å². The third-order valence-corrected chi connectivity index (χ3v) is 29.2. The van der Waals surface area contributed by atoms with Crippen molar-refractivity contribution in [3.63, 3.8) is 0 Å². The lowest BCUT2D eigenvalue weighted by Crippen LogP contribution is -2.14. The first kappa shape index (κ1) is 72.3. The van der Waals surface area contributed by atoms with E-state index in [-0.39, 0.29) is 10.8 Å². The summed E-state index contributed by atoms with van der Waals surface area (Å²) < 4.78 is 9.89. The first-order valence-electron chi connectivity index (χ1n) is 44.9. The molecule has 28 rings (SSSR count). The maximum atomic E-state index is 2.52. The summed E-state index contributed by atoms with van der Waals surface area (Å²) in [4.78, 5) is 0. The van der Waals surface area contributed by atoms with Crippen molar-refractivity contribution in [1.82, 2.24) is 18.3 Å². The summed E-state index contributed by atoms with van der Waals surface area (Å²) in [5.74, 6) is 0. The molecule has 4 nitrogen and oxygen atoms in total. The van der Waals surface area contributed by atoms with Crippen LogP contribution in [-0.4, -0.2) is 18.3 Å². The van der Waals surface area contributed by atoms with E-state index in [4.69, 9.17) is 0 Å². The molecule has 0 aliphatic heterocycles. The van der Waals surface area contributed by atoms with Gasteiger partial charge in [-0.05, 0) is 258 Å². The Labute approximate surface area is 739 Å². The number of benzene rings is 22. The minimum atomic E-state index is -0.121. The Hall–Kier alpha value is -16.1. The standard InChI is InChI=1S/C63H42N2.C61H40N2/c1-63(2)55-22-12-10-19-48(55)52-37-54-60(38-56(52)63)65(59-35-33-51-47-18-7-6-16-45(47)46-17-8-9-21-50(46)61(51)62(54)59)44-31-26-41(27-32-44)42-28-34-58-53(36-42)49-20-11-13-23-57(49)64(58)43-29-24-40(25-30-43)39-14-4-3-5-15-39;1-61(2)52-24-11-9-21-46(52)50-35-51-57(36-53(50)61)62(56-33-31-48-45-20-6-5-18-43(45)44-19-7-8-22-47(44)59(48)60(51)56)40-29-26-37(27-30-40)39-15-13-16-41(34-39)63-54-25-12-10-23-49(54)58-42-17-4-3-14-38(42)28-32-55(58)63/h3-38H,1-2H3;3-36H,1-2H3. The molecule has 0 saturated heterocycles. The molecule has 128 heavy (non-hydrogen) atoms.